The quantitative estimate of drug-likeness (QED) is 0.849. The Kier molecular flexibility index (Phi) is 3.79. The molecule has 0 atom stereocenters. The van der Waals surface area contributed by atoms with Crippen molar-refractivity contribution in [2.75, 3.05) is 6.61 Å². The molecular formula is C13H13N3O4. The van der Waals surface area contributed by atoms with E-state index in [2.05, 4.69) is 10.1 Å². The van der Waals surface area contributed by atoms with Crippen LogP contribution in [0.2, 0.25) is 0 Å². The number of carbonyl (C=O) groups is 2. The van der Waals surface area contributed by atoms with Crippen molar-refractivity contribution < 1.29 is 19.4 Å². The van der Waals surface area contributed by atoms with Gasteiger partial charge in [-0.2, -0.15) is 5.10 Å². The molecule has 0 radical (unpaired) electrons. The molecule has 0 aromatic carbocycles. The average Bonchev–Trinajstić information content (AvgIpc) is 2.88. The molecule has 20 heavy (non-hydrogen) atoms. The summed E-state index contributed by atoms with van der Waals surface area (Å²) in [5.41, 5.74) is 1.06. The number of hydrogen-bond acceptors (Lipinski definition) is 5. The number of nitrogens with zero attached hydrogens (tertiary/aromatic N) is 3. The summed E-state index contributed by atoms with van der Waals surface area (Å²) < 4.78 is 6.28. The summed E-state index contributed by atoms with van der Waals surface area (Å²) in [4.78, 5) is 26.4. The summed E-state index contributed by atoms with van der Waals surface area (Å²) in [7, 11) is 0. The highest BCUT2D eigenvalue weighted by molar-refractivity contribution is 5.89. The van der Waals surface area contributed by atoms with E-state index in [0.29, 0.717) is 16.9 Å². The highest BCUT2D eigenvalue weighted by Gasteiger charge is 2.13. The minimum absolute atomic E-state index is 0.101. The van der Waals surface area contributed by atoms with Crippen LogP contribution in [0.4, 0.5) is 0 Å². The Morgan fingerprint density at radius 3 is 2.70 bits per heavy atom. The first-order valence-corrected chi connectivity index (χ1v) is 5.95. The normalized spacial score (nSPS) is 10.3. The molecule has 0 aliphatic rings. The second kappa shape index (κ2) is 5.52. The van der Waals surface area contributed by atoms with Crippen LogP contribution in [0, 0.1) is 6.92 Å². The topological polar surface area (TPSA) is 94.3 Å². The smallest absolute Gasteiger partial charge is 0.341 e. The predicted octanol–water partition coefficient (Wildman–Crippen LogP) is 1.45. The molecule has 0 saturated heterocycles. The summed E-state index contributed by atoms with van der Waals surface area (Å²) in [6.07, 6.45) is 4.12. The zero-order valence-electron chi connectivity index (χ0n) is 11.0. The van der Waals surface area contributed by atoms with Gasteiger partial charge in [0.05, 0.1) is 23.9 Å². The third-order valence-electron chi connectivity index (χ3n) is 2.61. The number of pyridine rings is 1. The second-order valence-electron chi connectivity index (χ2n) is 4.06. The molecule has 7 nitrogen and oxygen atoms in total. The fourth-order valence-corrected chi connectivity index (χ4v) is 1.68. The summed E-state index contributed by atoms with van der Waals surface area (Å²) in [6, 6.07) is 1.50. The Balaban J connectivity index is 2.33. The van der Waals surface area contributed by atoms with Gasteiger partial charge in [-0.15, -0.1) is 0 Å². The van der Waals surface area contributed by atoms with Crippen molar-refractivity contribution in [1.29, 1.82) is 0 Å². The number of rotatable bonds is 4. The van der Waals surface area contributed by atoms with Crippen molar-refractivity contribution in [1.82, 2.24) is 14.8 Å². The maximum atomic E-state index is 11.5. The van der Waals surface area contributed by atoms with Crippen LogP contribution in [0.25, 0.3) is 5.82 Å². The van der Waals surface area contributed by atoms with Gasteiger partial charge < -0.3 is 9.84 Å². The lowest BCUT2D eigenvalue weighted by Crippen LogP contribution is -2.06. The standard InChI is InChI=1S/C13H13N3O4/c1-3-20-13(19)10-6-15-16(7-10)11-8(2)4-9(5-14-11)12(17)18/h4-7H,3H2,1-2H3,(H,17,18). The molecule has 0 amide bonds. The molecule has 2 rings (SSSR count). The van der Waals surface area contributed by atoms with E-state index in [-0.39, 0.29) is 12.2 Å². The fourth-order valence-electron chi connectivity index (χ4n) is 1.68. The first-order chi connectivity index (χ1) is 9.52. The summed E-state index contributed by atoms with van der Waals surface area (Å²) >= 11 is 0. The number of aromatic carboxylic acids is 1. The molecule has 104 valence electrons. The molecule has 1 N–H and O–H groups in total. The molecule has 0 saturated carbocycles. The minimum Gasteiger partial charge on any atom is -0.478 e. The zero-order valence-corrected chi connectivity index (χ0v) is 11.0. The van der Waals surface area contributed by atoms with Crippen molar-refractivity contribution in [3.8, 4) is 5.82 Å². The third-order valence-corrected chi connectivity index (χ3v) is 2.61. The van der Waals surface area contributed by atoms with E-state index >= 15 is 0 Å². The number of aryl methyl sites for hydroxylation is 1. The van der Waals surface area contributed by atoms with Crippen LogP contribution in [-0.2, 0) is 4.74 Å². The Morgan fingerprint density at radius 2 is 2.10 bits per heavy atom. The number of esters is 1. The van der Waals surface area contributed by atoms with Crippen LogP contribution in [0.3, 0.4) is 0 Å². The number of ether oxygens (including phenoxy) is 1. The molecule has 7 heteroatoms. The largest absolute Gasteiger partial charge is 0.478 e. The van der Waals surface area contributed by atoms with Gasteiger partial charge in [-0.1, -0.05) is 0 Å². The summed E-state index contributed by atoms with van der Waals surface area (Å²) in [5, 5.41) is 12.9. The van der Waals surface area contributed by atoms with Gasteiger partial charge in [0.15, 0.2) is 5.82 Å². The average molecular weight is 275 g/mol. The third kappa shape index (κ3) is 2.66. The molecule has 2 aromatic heterocycles. The van der Waals surface area contributed by atoms with Crippen molar-refractivity contribution >= 4 is 11.9 Å². The van der Waals surface area contributed by atoms with Crippen molar-refractivity contribution in [2.24, 2.45) is 0 Å². The van der Waals surface area contributed by atoms with Gasteiger partial charge in [0.2, 0.25) is 0 Å². The maximum absolute atomic E-state index is 11.5. The van der Waals surface area contributed by atoms with Crippen LogP contribution in [0.15, 0.2) is 24.7 Å². The molecule has 0 aliphatic carbocycles. The lowest BCUT2D eigenvalue weighted by atomic mass is 10.2. The molecule has 0 aliphatic heterocycles. The maximum Gasteiger partial charge on any atom is 0.341 e. The lowest BCUT2D eigenvalue weighted by Gasteiger charge is -2.05. The molecule has 2 heterocycles. The van der Waals surface area contributed by atoms with E-state index in [4.69, 9.17) is 9.84 Å². The second-order valence-corrected chi connectivity index (χ2v) is 4.06. The Morgan fingerprint density at radius 1 is 1.35 bits per heavy atom. The molecule has 0 unspecified atom stereocenters. The molecule has 2 aromatic rings. The number of carboxylic acid groups (broad SMARTS) is 1. The zero-order chi connectivity index (χ0) is 14.7. The summed E-state index contributed by atoms with van der Waals surface area (Å²) in [5.74, 6) is -1.04. The van der Waals surface area contributed by atoms with Crippen LogP contribution in [-0.4, -0.2) is 38.4 Å². The first kappa shape index (κ1) is 13.7. The van der Waals surface area contributed by atoms with Gasteiger partial charge >= 0.3 is 11.9 Å². The molecule has 0 fully saturated rings. The Hall–Kier alpha value is -2.70. The van der Waals surface area contributed by atoms with Crippen LogP contribution >= 0.6 is 0 Å². The number of aromatic nitrogens is 3. The van der Waals surface area contributed by atoms with E-state index in [1.165, 1.54) is 29.3 Å². The van der Waals surface area contributed by atoms with Gasteiger partial charge in [-0.25, -0.2) is 19.3 Å². The number of carbonyl (C=O) groups excluding carboxylic acids is 1. The first-order valence-electron chi connectivity index (χ1n) is 5.95. The van der Waals surface area contributed by atoms with E-state index in [0.717, 1.165) is 0 Å². The summed E-state index contributed by atoms with van der Waals surface area (Å²) in [6.45, 7) is 3.73. The highest BCUT2D eigenvalue weighted by Crippen LogP contribution is 2.13. The molecule has 0 bridgehead atoms. The Bertz CT molecular complexity index is 663. The monoisotopic (exact) mass is 275 g/mol. The van der Waals surface area contributed by atoms with Gasteiger partial charge in [-0.05, 0) is 25.5 Å². The van der Waals surface area contributed by atoms with Gasteiger partial charge in [0, 0.05) is 12.4 Å². The van der Waals surface area contributed by atoms with Crippen LogP contribution < -0.4 is 0 Å². The molecule has 0 spiro atoms. The highest BCUT2D eigenvalue weighted by atomic mass is 16.5. The van der Waals surface area contributed by atoms with Crippen molar-refractivity contribution in [2.45, 2.75) is 13.8 Å². The van der Waals surface area contributed by atoms with Crippen LogP contribution in [0.1, 0.15) is 33.2 Å². The SMILES string of the molecule is CCOC(=O)c1cnn(-c2ncc(C(=O)O)cc2C)c1. The van der Waals surface area contributed by atoms with Crippen molar-refractivity contribution in [3.05, 3.63) is 41.3 Å². The lowest BCUT2D eigenvalue weighted by molar-refractivity contribution is 0.0526. The number of carboxylic acids is 1. The van der Waals surface area contributed by atoms with Crippen LogP contribution in [0.5, 0.6) is 0 Å². The molecular weight excluding hydrogens is 262 g/mol. The van der Waals surface area contributed by atoms with Gasteiger partial charge in [-0.3, -0.25) is 0 Å². The number of hydrogen-bond donors (Lipinski definition) is 1. The fraction of sp³-hybridized carbons (Fsp3) is 0.231. The van der Waals surface area contributed by atoms with E-state index < -0.39 is 11.9 Å². The van der Waals surface area contributed by atoms with Gasteiger partial charge in [0.1, 0.15) is 0 Å². The minimum atomic E-state index is -1.04. The Labute approximate surface area is 114 Å². The van der Waals surface area contributed by atoms with Crippen molar-refractivity contribution in [3.63, 3.8) is 0 Å². The van der Waals surface area contributed by atoms with E-state index in [1.807, 2.05) is 0 Å². The van der Waals surface area contributed by atoms with E-state index in [1.54, 1.807) is 13.8 Å². The van der Waals surface area contributed by atoms with E-state index in [9.17, 15) is 9.59 Å². The van der Waals surface area contributed by atoms with Gasteiger partial charge in [0.25, 0.3) is 0 Å². The predicted molar refractivity (Wildman–Crippen MR) is 69.0 cm³/mol.